The Morgan fingerprint density at radius 1 is 0.750 bits per heavy atom. The molecule has 1 heterocycles. The Kier molecular flexibility index (Phi) is 4.04. The third-order valence-electron chi connectivity index (χ3n) is 3.80. The van der Waals surface area contributed by atoms with Crippen molar-refractivity contribution < 1.29 is 17.6 Å². The molecule has 24 heavy (non-hydrogen) atoms. The van der Waals surface area contributed by atoms with Crippen LogP contribution in [0.5, 0.6) is 0 Å². The van der Waals surface area contributed by atoms with E-state index in [1.807, 2.05) is 64.1 Å². The van der Waals surface area contributed by atoms with Crippen molar-refractivity contribution in [2.45, 2.75) is 27.7 Å². The molecular formula is C19H19BF2O2. The molecule has 0 radical (unpaired) electrons. The normalized spacial score (nSPS) is 16.2. The lowest BCUT2D eigenvalue weighted by atomic mass is 9.99. The van der Waals surface area contributed by atoms with Crippen LogP contribution in [0.4, 0.5) is 8.63 Å². The first-order chi connectivity index (χ1) is 11.2. The maximum Gasteiger partial charge on any atom is 0.995 e. The van der Waals surface area contributed by atoms with Crippen molar-refractivity contribution in [2.75, 3.05) is 0 Å². The highest BCUT2D eigenvalue weighted by Crippen LogP contribution is 2.30. The molecule has 0 amide bonds. The van der Waals surface area contributed by atoms with Crippen LogP contribution in [0, 0.1) is 27.7 Å². The first-order valence-electron chi connectivity index (χ1n) is 7.86. The fraction of sp³-hybridized carbons (Fsp3) is 0.211. The van der Waals surface area contributed by atoms with Crippen molar-refractivity contribution in [1.82, 2.24) is 0 Å². The summed E-state index contributed by atoms with van der Waals surface area (Å²) < 4.78 is 37.7. The highest BCUT2D eigenvalue weighted by atomic mass is 19.3. The number of allylic oxidation sites excluding steroid dienone is 1. The third-order valence-corrected chi connectivity index (χ3v) is 3.80. The average Bonchev–Trinajstić information content (AvgIpc) is 2.43. The topological polar surface area (TPSA) is 20.5 Å². The molecule has 2 aromatic rings. The molecule has 0 saturated heterocycles. The molecule has 0 unspecified atom stereocenters. The number of hydrogen-bond donors (Lipinski definition) is 0. The van der Waals surface area contributed by atoms with Crippen LogP contribution in [0.3, 0.4) is 0 Å². The van der Waals surface area contributed by atoms with Crippen LogP contribution in [0.25, 0.3) is 5.76 Å². The summed E-state index contributed by atoms with van der Waals surface area (Å²) in [4.78, 5) is 0. The number of halogens is 2. The van der Waals surface area contributed by atoms with E-state index in [4.69, 9.17) is 9.00 Å². The van der Waals surface area contributed by atoms with Crippen LogP contribution < -0.4 is 0 Å². The number of carbonyl (C=O) groups excluding carboxylic acids is 1. The summed E-state index contributed by atoms with van der Waals surface area (Å²) in [7, 11) is -4.40. The van der Waals surface area contributed by atoms with Crippen molar-refractivity contribution in [2.24, 2.45) is 0 Å². The predicted molar refractivity (Wildman–Crippen MR) is 93.2 cm³/mol. The molecule has 2 nitrogen and oxygen atoms in total. The van der Waals surface area contributed by atoms with Crippen LogP contribution in [0.2, 0.25) is 0 Å². The second kappa shape index (κ2) is 5.89. The first-order valence-corrected chi connectivity index (χ1v) is 7.86. The van der Waals surface area contributed by atoms with E-state index in [1.54, 1.807) is 6.08 Å². The second-order valence-corrected chi connectivity index (χ2v) is 6.40. The SMILES string of the molecule is Cc1cc(C)cc(C2=CC(c3cc(C)cc(C)c3)=[O+][B-](F)(F)O2)c1. The van der Waals surface area contributed by atoms with E-state index in [0.717, 1.165) is 22.3 Å². The molecule has 0 fully saturated rings. The number of aryl methyl sites for hydroxylation is 4. The van der Waals surface area contributed by atoms with Gasteiger partial charge >= 0.3 is 7.11 Å². The van der Waals surface area contributed by atoms with Gasteiger partial charge in [0.05, 0.1) is 17.4 Å². The van der Waals surface area contributed by atoms with Crippen molar-refractivity contribution in [3.63, 3.8) is 0 Å². The molecule has 0 saturated carbocycles. The Morgan fingerprint density at radius 2 is 1.21 bits per heavy atom. The zero-order valence-corrected chi connectivity index (χ0v) is 14.2. The smallest absolute Gasteiger partial charge is 0.569 e. The van der Waals surface area contributed by atoms with Gasteiger partial charge in [-0.15, -0.1) is 0 Å². The van der Waals surface area contributed by atoms with Gasteiger partial charge in [-0.25, -0.2) is 0 Å². The quantitative estimate of drug-likeness (QED) is 0.556. The van der Waals surface area contributed by atoms with Gasteiger partial charge in [-0.05, 0) is 63.1 Å². The van der Waals surface area contributed by atoms with Crippen LogP contribution >= 0.6 is 0 Å². The summed E-state index contributed by atoms with van der Waals surface area (Å²) in [6.07, 6.45) is 1.54. The van der Waals surface area contributed by atoms with Gasteiger partial charge in [-0.2, -0.15) is 0 Å². The highest BCUT2D eigenvalue weighted by Gasteiger charge is 2.53. The Labute approximate surface area is 140 Å². The van der Waals surface area contributed by atoms with Crippen molar-refractivity contribution in [1.29, 1.82) is 0 Å². The first kappa shape index (κ1) is 16.4. The maximum absolute atomic E-state index is 14.0. The molecule has 1 aliphatic heterocycles. The van der Waals surface area contributed by atoms with Crippen molar-refractivity contribution in [3.8, 4) is 0 Å². The molecule has 0 aromatic heterocycles. The minimum absolute atomic E-state index is 0.132. The summed E-state index contributed by atoms with van der Waals surface area (Å²) in [6.45, 7) is 7.70. The van der Waals surface area contributed by atoms with Crippen molar-refractivity contribution in [3.05, 3.63) is 75.9 Å². The Balaban J connectivity index is 2.11. The fourth-order valence-electron chi connectivity index (χ4n) is 3.04. The van der Waals surface area contributed by atoms with Crippen LogP contribution in [0.1, 0.15) is 37.7 Å². The molecule has 3 rings (SSSR count). The standard InChI is InChI=1S/C19H19BF2O2/c1-12-5-13(2)8-16(7-12)18-11-19(24-20(21,22)23-18)17-9-14(3)6-15(4)10-17/h5-11H,1-4H3. The van der Waals surface area contributed by atoms with Crippen LogP contribution in [0.15, 0.2) is 42.5 Å². The Bertz CT molecular complexity index is 829. The van der Waals surface area contributed by atoms with Crippen LogP contribution in [-0.2, 0) is 4.65 Å². The third kappa shape index (κ3) is 3.56. The second-order valence-electron chi connectivity index (χ2n) is 6.40. The molecule has 0 N–H and O–H groups in total. The lowest BCUT2D eigenvalue weighted by Gasteiger charge is -2.21. The molecule has 1 aliphatic rings. The minimum Gasteiger partial charge on any atom is -0.569 e. The zero-order chi connectivity index (χ0) is 17.5. The highest BCUT2D eigenvalue weighted by molar-refractivity contribution is 6.52. The molecule has 0 bridgehead atoms. The largest absolute Gasteiger partial charge is 0.995 e. The van der Waals surface area contributed by atoms with E-state index >= 15 is 0 Å². The maximum atomic E-state index is 14.0. The molecule has 0 atom stereocenters. The van der Waals surface area contributed by atoms with Crippen LogP contribution in [-0.4, -0.2) is 12.9 Å². The van der Waals surface area contributed by atoms with Gasteiger partial charge in [-0.1, -0.05) is 23.3 Å². The molecule has 0 aliphatic carbocycles. The fourth-order valence-corrected chi connectivity index (χ4v) is 3.04. The summed E-state index contributed by atoms with van der Waals surface area (Å²) in [5.41, 5.74) is 5.21. The molecule has 5 heteroatoms. The van der Waals surface area contributed by atoms with Gasteiger partial charge < -0.3 is 17.6 Å². The molecule has 0 spiro atoms. The van der Waals surface area contributed by atoms with Crippen molar-refractivity contribution >= 4 is 18.6 Å². The zero-order valence-electron chi connectivity index (χ0n) is 14.2. The lowest BCUT2D eigenvalue weighted by molar-refractivity contribution is -0.183. The van der Waals surface area contributed by atoms with Gasteiger partial charge in [0.1, 0.15) is 0 Å². The minimum atomic E-state index is -4.40. The number of ketones is 1. The van der Waals surface area contributed by atoms with E-state index in [0.29, 0.717) is 11.1 Å². The number of hydrogen-bond acceptors (Lipinski definition) is 1. The van der Waals surface area contributed by atoms with E-state index < -0.39 is 7.11 Å². The average molecular weight is 328 g/mol. The van der Waals surface area contributed by atoms with E-state index in [9.17, 15) is 8.63 Å². The summed E-state index contributed by atoms with van der Waals surface area (Å²) in [5, 5.41) is 0. The van der Waals surface area contributed by atoms with Gasteiger partial charge in [0.2, 0.25) is 0 Å². The summed E-state index contributed by atoms with van der Waals surface area (Å²) in [6, 6.07) is 11.3. The summed E-state index contributed by atoms with van der Waals surface area (Å²) >= 11 is 0. The number of rotatable bonds is 2. The predicted octanol–water partition coefficient (Wildman–Crippen LogP) is 5.08. The number of benzene rings is 2. The van der Waals surface area contributed by atoms with Gasteiger partial charge in [0, 0.05) is 5.56 Å². The molecule has 2 aromatic carbocycles. The van der Waals surface area contributed by atoms with Gasteiger partial charge in [-0.3, -0.25) is 0 Å². The Morgan fingerprint density at radius 3 is 1.71 bits per heavy atom. The molecule has 124 valence electrons. The lowest BCUT2D eigenvalue weighted by Crippen LogP contribution is -2.31. The van der Waals surface area contributed by atoms with E-state index in [1.165, 1.54) is 0 Å². The van der Waals surface area contributed by atoms with Gasteiger partial charge in [0.15, 0.2) is 0 Å². The van der Waals surface area contributed by atoms with Gasteiger partial charge in [0.25, 0.3) is 5.78 Å². The van der Waals surface area contributed by atoms with E-state index in [2.05, 4.69) is 0 Å². The monoisotopic (exact) mass is 328 g/mol. The molecular weight excluding hydrogens is 309 g/mol. The Hall–Kier alpha value is -2.43. The van der Waals surface area contributed by atoms with E-state index in [-0.39, 0.29) is 11.5 Å². The summed E-state index contributed by atoms with van der Waals surface area (Å²) in [5.74, 6) is 0.263.